The van der Waals surface area contributed by atoms with Crippen LogP contribution in [0.3, 0.4) is 0 Å². The Hall–Kier alpha value is -2.31. The standard InChI is InChI=1S/C16H18F2N4O/c1-10-19-11(2)22(20-10)12-5-4-8-21(9-12)16(23)13-6-3-7-14(17)15(13)18/h3,6-7,12H,4-5,8-9H2,1-2H3/t12-/m0/s1. The first-order chi connectivity index (χ1) is 11.0. The van der Waals surface area contributed by atoms with Gasteiger partial charge in [-0.15, -0.1) is 0 Å². The fourth-order valence-electron chi connectivity index (χ4n) is 3.06. The first-order valence-electron chi connectivity index (χ1n) is 7.60. The molecular weight excluding hydrogens is 302 g/mol. The van der Waals surface area contributed by atoms with Crippen molar-refractivity contribution in [2.45, 2.75) is 32.7 Å². The van der Waals surface area contributed by atoms with Crippen molar-refractivity contribution in [3.8, 4) is 0 Å². The number of hydrogen-bond acceptors (Lipinski definition) is 3. The highest BCUT2D eigenvalue weighted by molar-refractivity contribution is 5.94. The number of hydrogen-bond donors (Lipinski definition) is 0. The molecule has 3 rings (SSSR count). The molecule has 0 saturated carbocycles. The smallest absolute Gasteiger partial charge is 0.257 e. The monoisotopic (exact) mass is 320 g/mol. The Labute approximate surface area is 132 Å². The maximum absolute atomic E-state index is 13.8. The molecule has 0 unspecified atom stereocenters. The zero-order valence-corrected chi connectivity index (χ0v) is 13.1. The fraction of sp³-hybridized carbons (Fsp3) is 0.438. The molecule has 2 aromatic rings. The van der Waals surface area contributed by atoms with Gasteiger partial charge in [0, 0.05) is 13.1 Å². The van der Waals surface area contributed by atoms with Crippen molar-refractivity contribution in [3.63, 3.8) is 0 Å². The van der Waals surface area contributed by atoms with E-state index in [1.165, 1.54) is 12.1 Å². The van der Waals surface area contributed by atoms with Crippen molar-refractivity contribution in [3.05, 3.63) is 47.0 Å². The second-order valence-electron chi connectivity index (χ2n) is 5.80. The quantitative estimate of drug-likeness (QED) is 0.855. The number of likely N-dealkylation sites (tertiary alicyclic amines) is 1. The Morgan fingerprint density at radius 1 is 1.30 bits per heavy atom. The number of amides is 1. The molecule has 1 aliphatic rings. The molecule has 1 aliphatic heterocycles. The van der Waals surface area contributed by atoms with Gasteiger partial charge in [0.2, 0.25) is 0 Å². The average Bonchev–Trinajstić information content (AvgIpc) is 2.88. The van der Waals surface area contributed by atoms with Gasteiger partial charge in [-0.05, 0) is 38.8 Å². The summed E-state index contributed by atoms with van der Waals surface area (Å²) in [6.07, 6.45) is 1.66. The summed E-state index contributed by atoms with van der Waals surface area (Å²) in [4.78, 5) is 18.4. The third-order valence-corrected chi connectivity index (χ3v) is 4.12. The van der Waals surface area contributed by atoms with Crippen molar-refractivity contribution < 1.29 is 13.6 Å². The van der Waals surface area contributed by atoms with E-state index in [1.54, 1.807) is 4.90 Å². The van der Waals surface area contributed by atoms with E-state index in [1.807, 2.05) is 18.5 Å². The zero-order chi connectivity index (χ0) is 16.6. The van der Waals surface area contributed by atoms with Crippen molar-refractivity contribution in [1.29, 1.82) is 0 Å². The normalized spacial score (nSPS) is 18.3. The lowest BCUT2D eigenvalue weighted by Gasteiger charge is -2.33. The lowest BCUT2D eigenvalue weighted by Crippen LogP contribution is -2.41. The highest BCUT2D eigenvalue weighted by Crippen LogP contribution is 2.24. The van der Waals surface area contributed by atoms with Gasteiger partial charge in [-0.3, -0.25) is 4.79 Å². The highest BCUT2D eigenvalue weighted by Gasteiger charge is 2.29. The minimum atomic E-state index is -1.09. The molecule has 1 saturated heterocycles. The van der Waals surface area contributed by atoms with Gasteiger partial charge in [0.25, 0.3) is 5.91 Å². The molecule has 5 nitrogen and oxygen atoms in total. The molecule has 1 aromatic carbocycles. The van der Waals surface area contributed by atoms with Crippen molar-refractivity contribution in [2.24, 2.45) is 0 Å². The van der Waals surface area contributed by atoms with Gasteiger partial charge < -0.3 is 4.90 Å². The molecule has 0 bridgehead atoms. The maximum Gasteiger partial charge on any atom is 0.257 e. The number of carbonyl (C=O) groups excluding carboxylic acids is 1. The summed E-state index contributed by atoms with van der Waals surface area (Å²) >= 11 is 0. The van der Waals surface area contributed by atoms with Crippen LogP contribution in [0.25, 0.3) is 0 Å². The summed E-state index contributed by atoms with van der Waals surface area (Å²) in [7, 11) is 0. The number of piperidine rings is 1. The van der Waals surface area contributed by atoms with Gasteiger partial charge in [0.05, 0.1) is 11.6 Å². The number of nitrogens with zero attached hydrogens (tertiary/aromatic N) is 4. The summed E-state index contributed by atoms with van der Waals surface area (Å²) in [5.41, 5.74) is -0.225. The van der Waals surface area contributed by atoms with Gasteiger partial charge in [0.1, 0.15) is 11.6 Å². The molecule has 23 heavy (non-hydrogen) atoms. The molecule has 1 aromatic heterocycles. The van der Waals surface area contributed by atoms with Crippen molar-refractivity contribution in [2.75, 3.05) is 13.1 Å². The maximum atomic E-state index is 13.8. The number of benzene rings is 1. The van der Waals surface area contributed by atoms with E-state index in [0.29, 0.717) is 18.9 Å². The molecule has 0 aliphatic carbocycles. The lowest BCUT2D eigenvalue weighted by molar-refractivity contribution is 0.0665. The molecule has 0 spiro atoms. The number of aryl methyl sites for hydroxylation is 2. The zero-order valence-electron chi connectivity index (χ0n) is 13.1. The van der Waals surface area contributed by atoms with E-state index in [4.69, 9.17) is 0 Å². The number of halogens is 2. The minimum Gasteiger partial charge on any atom is -0.336 e. The predicted molar refractivity (Wildman–Crippen MR) is 80.0 cm³/mol. The van der Waals surface area contributed by atoms with Crippen LogP contribution < -0.4 is 0 Å². The van der Waals surface area contributed by atoms with Crippen molar-refractivity contribution >= 4 is 5.91 Å². The van der Waals surface area contributed by atoms with E-state index in [0.717, 1.165) is 24.7 Å². The molecule has 1 amide bonds. The first kappa shape index (κ1) is 15.6. The van der Waals surface area contributed by atoms with Gasteiger partial charge in [-0.25, -0.2) is 18.4 Å². The number of rotatable bonds is 2. The summed E-state index contributed by atoms with van der Waals surface area (Å²) in [5, 5.41) is 4.37. The average molecular weight is 320 g/mol. The second-order valence-corrected chi connectivity index (χ2v) is 5.80. The van der Waals surface area contributed by atoms with Crippen LogP contribution in [0.4, 0.5) is 8.78 Å². The van der Waals surface area contributed by atoms with Crippen molar-refractivity contribution in [1.82, 2.24) is 19.7 Å². The third-order valence-electron chi connectivity index (χ3n) is 4.12. The van der Waals surface area contributed by atoms with Crippen LogP contribution >= 0.6 is 0 Å². The van der Waals surface area contributed by atoms with Crippen LogP contribution in [0.1, 0.15) is 40.9 Å². The Balaban J connectivity index is 1.82. The van der Waals surface area contributed by atoms with Crippen LogP contribution in [-0.4, -0.2) is 38.7 Å². The van der Waals surface area contributed by atoms with Crippen LogP contribution in [0.15, 0.2) is 18.2 Å². The largest absolute Gasteiger partial charge is 0.336 e. The molecule has 1 fully saturated rings. The predicted octanol–water partition coefficient (Wildman–Crippen LogP) is 2.65. The van der Waals surface area contributed by atoms with E-state index in [-0.39, 0.29) is 11.6 Å². The Morgan fingerprint density at radius 3 is 2.78 bits per heavy atom. The molecule has 2 heterocycles. The SMILES string of the molecule is Cc1nc(C)n([C@H]2CCCN(C(=O)c3cccc(F)c3F)C2)n1. The van der Waals surface area contributed by atoms with Crippen LogP contribution in [0, 0.1) is 25.5 Å². The fourth-order valence-corrected chi connectivity index (χ4v) is 3.06. The topological polar surface area (TPSA) is 51.0 Å². The summed E-state index contributed by atoms with van der Waals surface area (Å²) in [6, 6.07) is 3.67. The van der Waals surface area contributed by atoms with E-state index < -0.39 is 17.5 Å². The first-order valence-corrected chi connectivity index (χ1v) is 7.60. The van der Waals surface area contributed by atoms with E-state index >= 15 is 0 Å². The molecule has 122 valence electrons. The molecule has 1 atom stereocenters. The Bertz CT molecular complexity index is 744. The van der Waals surface area contributed by atoms with Gasteiger partial charge in [-0.1, -0.05) is 6.07 Å². The van der Waals surface area contributed by atoms with Gasteiger partial charge in [-0.2, -0.15) is 5.10 Å². The number of aromatic nitrogens is 3. The Morgan fingerprint density at radius 2 is 2.09 bits per heavy atom. The van der Waals surface area contributed by atoms with Crippen LogP contribution in [0.2, 0.25) is 0 Å². The summed E-state index contributed by atoms with van der Waals surface area (Å²) < 4.78 is 29.0. The molecule has 0 N–H and O–H groups in total. The van der Waals surface area contributed by atoms with Crippen LogP contribution in [-0.2, 0) is 0 Å². The highest BCUT2D eigenvalue weighted by atomic mass is 19.2. The molecule has 0 radical (unpaired) electrons. The third kappa shape index (κ3) is 2.95. The summed E-state index contributed by atoms with van der Waals surface area (Å²) in [5.74, 6) is -1.11. The number of carbonyl (C=O) groups is 1. The van der Waals surface area contributed by atoms with Gasteiger partial charge in [0.15, 0.2) is 11.6 Å². The Kier molecular flexibility index (Phi) is 4.11. The van der Waals surface area contributed by atoms with Gasteiger partial charge >= 0.3 is 0 Å². The summed E-state index contributed by atoms with van der Waals surface area (Å²) in [6.45, 7) is 4.63. The second kappa shape index (κ2) is 6.06. The minimum absolute atomic E-state index is 0.00511. The van der Waals surface area contributed by atoms with E-state index in [9.17, 15) is 13.6 Å². The molecule has 7 heteroatoms. The van der Waals surface area contributed by atoms with E-state index in [2.05, 4.69) is 10.1 Å². The van der Waals surface area contributed by atoms with Crippen LogP contribution in [0.5, 0.6) is 0 Å². The lowest BCUT2D eigenvalue weighted by atomic mass is 10.0. The molecular formula is C16H18F2N4O.